The smallest absolute Gasteiger partial charge is 0.415 e. The molecule has 0 amide bonds. The third-order valence-corrected chi connectivity index (χ3v) is 2.02. The van der Waals surface area contributed by atoms with E-state index in [4.69, 9.17) is 0 Å². The second-order valence-corrected chi connectivity index (χ2v) is 3.34. The highest BCUT2D eigenvalue weighted by molar-refractivity contribution is 5.90. The van der Waals surface area contributed by atoms with Crippen molar-refractivity contribution >= 4 is 5.97 Å². The lowest BCUT2D eigenvalue weighted by atomic mass is 10.2. The molecule has 0 N–H and O–H groups in total. The molecular formula is C12H10F4O2. The molecule has 0 aromatic heterocycles. The SMILES string of the molecule is CCC(F)=C(OC(=O)c1ccccc1)C(F)(F)F. The van der Waals surface area contributed by atoms with Gasteiger partial charge in [-0.2, -0.15) is 13.2 Å². The zero-order chi connectivity index (χ0) is 13.8. The van der Waals surface area contributed by atoms with E-state index in [0.29, 0.717) is 0 Å². The van der Waals surface area contributed by atoms with Gasteiger partial charge in [-0.3, -0.25) is 0 Å². The predicted molar refractivity (Wildman–Crippen MR) is 56.3 cm³/mol. The van der Waals surface area contributed by atoms with Crippen molar-refractivity contribution in [1.29, 1.82) is 0 Å². The molecule has 0 radical (unpaired) electrons. The molecule has 6 heteroatoms. The van der Waals surface area contributed by atoms with E-state index in [1.807, 2.05) is 0 Å². The van der Waals surface area contributed by atoms with Gasteiger partial charge in [-0.05, 0) is 12.1 Å². The maximum Gasteiger partial charge on any atom is 0.452 e. The maximum atomic E-state index is 13.1. The van der Waals surface area contributed by atoms with E-state index < -0.39 is 30.2 Å². The van der Waals surface area contributed by atoms with Crippen LogP contribution in [0.5, 0.6) is 0 Å². The van der Waals surface area contributed by atoms with Gasteiger partial charge >= 0.3 is 12.1 Å². The Kier molecular flexibility index (Phi) is 4.47. The molecule has 18 heavy (non-hydrogen) atoms. The fourth-order valence-corrected chi connectivity index (χ4v) is 1.15. The zero-order valence-electron chi connectivity index (χ0n) is 9.42. The van der Waals surface area contributed by atoms with Gasteiger partial charge in [0.1, 0.15) is 5.83 Å². The van der Waals surface area contributed by atoms with Crippen LogP contribution >= 0.6 is 0 Å². The molecular weight excluding hydrogens is 252 g/mol. The third kappa shape index (κ3) is 3.58. The molecule has 0 aliphatic heterocycles. The van der Waals surface area contributed by atoms with E-state index in [-0.39, 0.29) is 5.56 Å². The molecule has 1 aromatic rings. The van der Waals surface area contributed by atoms with Crippen molar-refractivity contribution in [3.63, 3.8) is 0 Å². The minimum Gasteiger partial charge on any atom is -0.415 e. The fourth-order valence-electron chi connectivity index (χ4n) is 1.15. The van der Waals surface area contributed by atoms with Crippen molar-refractivity contribution in [2.24, 2.45) is 0 Å². The molecule has 1 aromatic carbocycles. The molecule has 0 fully saturated rings. The predicted octanol–water partition coefficient (Wildman–Crippen LogP) is 4.00. The van der Waals surface area contributed by atoms with Crippen LogP contribution in [0, 0.1) is 0 Å². The average Bonchev–Trinajstić information content (AvgIpc) is 2.34. The van der Waals surface area contributed by atoms with Gasteiger partial charge < -0.3 is 4.74 Å². The zero-order valence-corrected chi connectivity index (χ0v) is 9.42. The molecule has 0 heterocycles. The minimum atomic E-state index is -5.04. The van der Waals surface area contributed by atoms with E-state index in [0.717, 1.165) is 0 Å². The van der Waals surface area contributed by atoms with Crippen molar-refractivity contribution in [3.05, 3.63) is 47.5 Å². The quantitative estimate of drug-likeness (QED) is 0.467. The standard InChI is InChI=1S/C12H10F4O2/c1-2-9(13)10(12(14,15)16)18-11(17)8-6-4-3-5-7-8/h3-7H,2H2,1H3. The number of hydrogen-bond acceptors (Lipinski definition) is 2. The summed E-state index contributed by atoms with van der Waals surface area (Å²) in [5.74, 6) is -4.64. The van der Waals surface area contributed by atoms with Crippen LogP contribution in [-0.2, 0) is 4.74 Å². The summed E-state index contributed by atoms with van der Waals surface area (Å²) in [5, 5.41) is 0. The van der Waals surface area contributed by atoms with Gasteiger partial charge in [0.2, 0.25) is 5.76 Å². The van der Waals surface area contributed by atoms with Gasteiger partial charge in [0.15, 0.2) is 0 Å². The monoisotopic (exact) mass is 262 g/mol. The lowest BCUT2D eigenvalue weighted by Gasteiger charge is -2.12. The van der Waals surface area contributed by atoms with Gasteiger partial charge in [-0.15, -0.1) is 0 Å². The van der Waals surface area contributed by atoms with Gasteiger partial charge in [0.05, 0.1) is 5.56 Å². The molecule has 0 bridgehead atoms. The van der Waals surface area contributed by atoms with Crippen LogP contribution in [0.15, 0.2) is 41.9 Å². The summed E-state index contributed by atoms with van der Waals surface area (Å²) in [4.78, 5) is 11.4. The topological polar surface area (TPSA) is 26.3 Å². The molecule has 0 saturated heterocycles. The number of carbonyl (C=O) groups excluding carboxylic acids is 1. The highest BCUT2D eigenvalue weighted by Crippen LogP contribution is 2.31. The van der Waals surface area contributed by atoms with Gasteiger partial charge in [0, 0.05) is 6.42 Å². The molecule has 0 spiro atoms. The largest absolute Gasteiger partial charge is 0.452 e. The second-order valence-electron chi connectivity index (χ2n) is 3.34. The van der Waals surface area contributed by atoms with E-state index in [9.17, 15) is 22.4 Å². The summed E-state index contributed by atoms with van der Waals surface area (Å²) in [5.41, 5.74) is -0.0804. The lowest BCUT2D eigenvalue weighted by molar-refractivity contribution is -0.125. The molecule has 0 aliphatic rings. The maximum absolute atomic E-state index is 13.1. The van der Waals surface area contributed by atoms with Gasteiger partial charge in [-0.1, -0.05) is 25.1 Å². The van der Waals surface area contributed by atoms with Crippen molar-refractivity contribution in [1.82, 2.24) is 0 Å². The third-order valence-electron chi connectivity index (χ3n) is 2.02. The van der Waals surface area contributed by atoms with Crippen molar-refractivity contribution in [3.8, 4) is 0 Å². The summed E-state index contributed by atoms with van der Waals surface area (Å²) >= 11 is 0. The Morgan fingerprint density at radius 2 is 1.78 bits per heavy atom. The summed E-state index contributed by atoms with van der Waals surface area (Å²) < 4.78 is 54.5. The van der Waals surface area contributed by atoms with E-state index in [1.165, 1.54) is 31.2 Å². The van der Waals surface area contributed by atoms with E-state index in [2.05, 4.69) is 4.74 Å². The van der Waals surface area contributed by atoms with Gasteiger partial charge in [-0.25, -0.2) is 9.18 Å². The molecule has 0 aliphatic carbocycles. The number of esters is 1. The minimum absolute atomic E-state index is 0.0804. The summed E-state index contributed by atoms with van der Waals surface area (Å²) in [6.07, 6.45) is -5.54. The van der Waals surface area contributed by atoms with Crippen LogP contribution < -0.4 is 0 Å². The summed E-state index contributed by atoms with van der Waals surface area (Å²) in [6, 6.07) is 7.07. The second kappa shape index (κ2) is 5.66. The molecule has 1 rings (SSSR count). The van der Waals surface area contributed by atoms with Crippen LogP contribution in [0.1, 0.15) is 23.7 Å². The van der Waals surface area contributed by atoms with Crippen molar-refractivity contribution in [2.45, 2.75) is 19.5 Å². The number of alkyl halides is 3. The van der Waals surface area contributed by atoms with Crippen LogP contribution in [0.4, 0.5) is 17.6 Å². The first-order chi connectivity index (χ1) is 8.36. The number of rotatable bonds is 3. The Morgan fingerprint density at radius 1 is 1.22 bits per heavy atom. The first-order valence-corrected chi connectivity index (χ1v) is 5.09. The number of ether oxygens (including phenoxy) is 1. The number of halogens is 4. The van der Waals surface area contributed by atoms with Crippen molar-refractivity contribution in [2.75, 3.05) is 0 Å². The number of carbonyl (C=O) groups is 1. The summed E-state index contributed by atoms with van der Waals surface area (Å²) in [7, 11) is 0. The molecule has 0 atom stereocenters. The number of benzene rings is 1. The molecule has 0 saturated carbocycles. The highest BCUT2D eigenvalue weighted by Gasteiger charge is 2.40. The first kappa shape index (κ1) is 14.2. The Hall–Kier alpha value is -1.85. The van der Waals surface area contributed by atoms with Crippen LogP contribution in [0.2, 0.25) is 0 Å². The van der Waals surface area contributed by atoms with E-state index in [1.54, 1.807) is 6.07 Å². The lowest BCUT2D eigenvalue weighted by Crippen LogP contribution is -2.19. The molecule has 2 nitrogen and oxygen atoms in total. The molecule has 98 valence electrons. The molecule has 0 unspecified atom stereocenters. The first-order valence-electron chi connectivity index (χ1n) is 5.09. The Bertz CT molecular complexity index is 449. The normalized spacial score (nSPS) is 12.9. The fraction of sp³-hybridized carbons (Fsp3) is 0.250. The van der Waals surface area contributed by atoms with E-state index >= 15 is 0 Å². The van der Waals surface area contributed by atoms with Gasteiger partial charge in [0.25, 0.3) is 0 Å². The number of hydrogen-bond donors (Lipinski definition) is 0. The summed E-state index contributed by atoms with van der Waals surface area (Å²) in [6.45, 7) is 1.19. The Labute approximate surface area is 101 Å². The van der Waals surface area contributed by atoms with Crippen LogP contribution in [0.25, 0.3) is 0 Å². The number of allylic oxidation sites excluding steroid dienone is 2. The van der Waals surface area contributed by atoms with Crippen LogP contribution in [0.3, 0.4) is 0 Å². The Morgan fingerprint density at radius 3 is 2.22 bits per heavy atom. The van der Waals surface area contributed by atoms with Crippen molar-refractivity contribution < 1.29 is 27.1 Å². The average molecular weight is 262 g/mol. The van der Waals surface area contributed by atoms with Crippen LogP contribution in [-0.4, -0.2) is 12.1 Å². The Balaban J connectivity index is 2.97. The highest BCUT2D eigenvalue weighted by atomic mass is 19.4.